The van der Waals surface area contributed by atoms with Crippen LogP contribution in [0.3, 0.4) is 0 Å². The Hall–Kier alpha value is -2.08. The lowest BCUT2D eigenvalue weighted by molar-refractivity contribution is -0.0112. The fraction of sp³-hybridized carbons (Fsp3) is 0.455. The molecule has 0 heterocycles. The van der Waals surface area contributed by atoms with E-state index in [2.05, 4.69) is 0 Å². The van der Waals surface area contributed by atoms with Gasteiger partial charge >= 0.3 is 0 Å². The van der Waals surface area contributed by atoms with Gasteiger partial charge in [-0.2, -0.15) is 0 Å². The van der Waals surface area contributed by atoms with E-state index in [1.165, 1.54) is 0 Å². The van der Waals surface area contributed by atoms with Gasteiger partial charge in [-0.15, -0.1) is 0 Å². The monoisotopic (exact) mass is 378 g/mol. The van der Waals surface area contributed by atoms with Gasteiger partial charge in [-0.1, -0.05) is 44.2 Å². The summed E-state index contributed by atoms with van der Waals surface area (Å²) < 4.78 is 15.3. The van der Waals surface area contributed by atoms with Crippen molar-refractivity contribution in [1.29, 1.82) is 0 Å². The molecule has 5 nitrogen and oxygen atoms in total. The third-order valence-corrected chi connectivity index (χ3v) is 3.33. The first-order valence-electron chi connectivity index (χ1n) is 9.40. The molecule has 2 rings (SSSR count). The highest BCUT2D eigenvalue weighted by molar-refractivity contribution is 5.31. The Balaban J connectivity index is 0.000000488. The summed E-state index contributed by atoms with van der Waals surface area (Å²) in [7, 11) is 1.64. The van der Waals surface area contributed by atoms with Crippen LogP contribution in [0.25, 0.3) is 0 Å². The number of hydrogen-bond acceptors (Lipinski definition) is 5. The maximum Gasteiger partial charge on any atom is 0.144 e. The van der Waals surface area contributed by atoms with Crippen molar-refractivity contribution < 1.29 is 24.4 Å². The van der Waals surface area contributed by atoms with Gasteiger partial charge in [-0.3, -0.25) is 0 Å². The fourth-order valence-electron chi connectivity index (χ4n) is 1.99. The summed E-state index contributed by atoms with van der Waals surface area (Å²) in [5.74, 6) is 1.70. The molecule has 5 heteroatoms. The Morgan fingerprint density at radius 3 is 1.96 bits per heavy atom. The smallest absolute Gasteiger partial charge is 0.144 e. The maximum absolute atomic E-state index is 8.59. The van der Waals surface area contributed by atoms with E-state index in [-0.39, 0.29) is 13.4 Å². The molecule has 0 aromatic heterocycles. The maximum atomic E-state index is 8.59. The van der Waals surface area contributed by atoms with Crippen molar-refractivity contribution in [3.05, 3.63) is 60.2 Å². The van der Waals surface area contributed by atoms with E-state index in [1.54, 1.807) is 7.11 Å². The van der Waals surface area contributed by atoms with Crippen LogP contribution in [0.2, 0.25) is 0 Å². The average Bonchev–Trinajstić information content (AvgIpc) is 2.75. The summed E-state index contributed by atoms with van der Waals surface area (Å²) in [6.07, 6.45) is 2.84. The van der Waals surface area contributed by atoms with Crippen LogP contribution in [-0.2, 0) is 11.3 Å². The van der Waals surface area contributed by atoms with Crippen molar-refractivity contribution in [2.75, 3.05) is 27.1 Å². The van der Waals surface area contributed by atoms with Gasteiger partial charge in [0.1, 0.15) is 18.3 Å². The highest BCUT2D eigenvalue weighted by Gasteiger charge is 1.95. The molecule has 0 saturated carbocycles. The standard InChI is InChI=1S/C12H18O3.C8H10O2.C2H6/c1-14-11-5-7-12(8-6-11)15-10-4-2-3-9-13;9-7-10-6-8-4-2-1-3-5-8;1-2/h5-8,13H,2-4,9-10H2,1H3;1-5,9H,6-7H2;1-2H3. The molecule has 0 fully saturated rings. The van der Waals surface area contributed by atoms with Crippen LogP contribution in [0, 0.1) is 0 Å². The van der Waals surface area contributed by atoms with Crippen LogP contribution >= 0.6 is 0 Å². The lowest BCUT2D eigenvalue weighted by Gasteiger charge is -2.06. The van der Waals surface area contributed by atoms with Gasteiger partial charge in [-0.25, -0.2) is 0 Å². The van der Waals surface area contributed by atoms with Gasteiger partial charge in [-0.05, 0) is 49.1 Å². The Kier molecular flexibility index (Phi) is 17.3. The van der Waals surface area contributed by atoms with E-state index in [0.717, 1.165) is 36.3 Å². The molecule has 2 aromatic rings. The molecule has 0 unspecified atom stereocenters. The second-order valence-corrected chi connectivity index (χ2v) is 5.27. The minimum atomic E-state index is -0.213. The third-order valence-electron chi connectivity index (χ3n) is 3.33. The Bertz CT molecular complexity index is 528. The predicted octanol–water partition coefficient (Wildman–Crippen LogP) is 4.42. The first-order valence-corrected chi connectivity index (χ1v) is 9.40. The highest BCUT2D eigenvalue weighted by atomic mass is 16.6. The van der Waals surface area contributed by atoms with E-state index in [1.807, 2.05) is 68.4 Å². The van der Waals surface area contributed by atoms with Crippen molar-refractivity contribution in [2.45, 2.75) is 39.7 Å². The number of rotatable bonds is 10. The molecular weight excluding hydrogens is 344 g/mol. The largest absolute Gasteiger partial charge is 0.497 e. The third kappa shape index (κ3) is 13.7. The van der Waals surface area contributed by atoms with Gasteiger partial charge < -0.3 is 24.4 Å². The zero-order valence-corrected chi connectivity index (χ0v) is 16.8. The molecule has 0 radical (unpaired) electrons. The number of ether oxygens (including phenoxy) is 3. The minimum absolute atomic E-state index is 0.213. The highest BCUT2D eigenvalue weighted by Crippen LogP contribution is 2.17. The summed E-state index contributed by atoms with van der Waals surface area (Å²) in [6, 6.07) is 17.3. The summed E-state index contributed by atoms with van der Waals surface area (Å²) in [5.41, 5.74) is 1.08. The van der Waals surface area contributed by atoms with Crippen molar-refractivity contribution >= 4 is 0 Å². The lowest BCUT2D eigenvalue weighted by atomic mass is 10.2. The number of hydrogen-bond donors (Lipinski definition) is 2. The van der Waals surface area contributed by atoms with Gasteiger partial charge in [0.05, 0.1) is 20.3 Å². The van der Waals surface area contributed by atoms with E-state index in [0.29, 0.717) is 13.2 Å². The van der Waals surface area contributed by atoms with Crippen molar-refractivity contribution in [1.82, 2.24) is 0 Å². The fourth-order valence-corrected chi connectivity index (χ4v) is 1.99. The molecule has 0 aliphatic heterocycles. The average molecular weight is 379 g/mol. The molecular formula is C22H34O5. The van der Waals surface area contributed by atoms with E-state index >= 15 is 0 Å². The van der Waals surface area contributed by atoms with E-state index in [4.69, 9.17) is 24.4 Å². The topological polar surface area (TPSA) is 68.2 Å². The number of aliphatic hydroxyl groups excluding tert-OH is 2. The molecule has 2 aromatic carbocycles. The minimum Gasteiger partial charge on any atom is -0.497 e. The molecule has 27 heavy (non-hydrogen) atoms. The number of methoxy groups -OCH3 is 1. The van der Waals surface area contributed by atoms with Crippen LogP contribution in [0.15, 0.2) is 54.6 Å². The molecule has 0 aliphatic rings. The lowest BCUT2D eigenvalue weighted by Crippen LogP contribution is -1.97. The first kappa shape index (κ1) is 24.9. The molecule has 0 atom stereocenters. The second kappa shape index (κ2) is 18.7. The molecule has 0 spiro atoms. The Morgan fingerprint density at radius 1 is 0.778 bits per heavy atom. The Morgan fingerprint density at radius 2 is 1.41 bits per heavy atom. The molecule has 0 saturated heterocycles. The zero-order chi connectivity index (χ0) is 20.2. The van der Waals surface area contributed by atoms with Crippen LogP contribution < -0.4 is 9.47 Å². The summed E-state index contributed by atoms with van der Waals surface area (Å²) in [4.78, 5) is 0. The summed E-state index contributed by atoms with van der Waals surface area (Å²) in [6.45, 7) is 5.24. The second-order valence-electron chi connectivity index (χ2n) is 5.27. The molecule has 0 aliphatic carbocycles. The van der Waals surface area contributed by atoms with Crippen molar-refractivity contribution in [2.24, 2.45) is 0 Å². The SMILES string of the molecule is CC.COc1ccc(OCCCCCO)cc1.OCOCc1ccccc1. The quantitative estimate of drug-likeness (QED) is 0.473. The summed E-state index contributed by atoms with van der Waals surface area (Å²) in [5, 5.41) is 16.9. The van der Waals surface area contributed by atoms with Crippen LogP contribution in [-0.4, -0.2) is 37.3 Å². The Labute approximate surface area is 163 Å². The van der Waals surface area contributed by atoms with Gasteiger partial charge in [0.25, 0.3) is 0 Å². The molecule has 152 valence electrons. The van der Waals surface area contributed by atoms with Gasteiger partial charge in [0, 0.05) is 6.61 Å². The number of benzene rings is 2. The molecule has 0 bridgehead atoms. The van der Waals surface area contributed by atoms with E-state index < -0.39 is 0 Å². The zero-order valence-electron chi connectivity index (χ0n) is 16.8. The molecule has 0 amide bonds. The van der Waals surface area contributed by atoms with E-state index in [9.17, 15) is 0 Å². The normalized spacial score (nSPS) is 9.37. The predicted molar refractivity (Wildman–Crippen MR) is 109 cm³/mol. The summed E-state index contributed by atoms with van der Waals surface area (Å²) >= 11 is 0. The first-order chi connectivity index (χ1) is 13.3. The van der Waals surface area contributed by atoms with Crippen LogP contribution in [0.5, 0.6) is 11.5 Å². The number of unbranched alkanes of at least 4 members (excludes halogenated alkanes) is 2. The van der Waals surface area contributed by atoms with Crippen LogP contribution in [0.1, 0.15) is 38.7 Å². The van der Waals surface area contributed by atoms with Crippen molar-refractivity contribution in [3.63, 3.8) is 0 Å². The number of aliphatic hydroxyl groups is 2. The van der Waals surface area contributed by atoms with Gasteiger partial charge in [0.15, 0.2) is 0 Å². The van der Waals surface area contributed by atoms with Crippen LogP contribution in [0.4, 0.5) is 0 Å². The van der Waals surface area contributed by atoms with Gasteiger partial charge in [0.2, 0.25) is 0 Å². The van der Waals surface area contributed by atoms with Crippen molar-refractivity contribution in [3.8, 4) is 11.5 Å². The molecule has 2 N–H and O–H groups in total.